The Morgan fingerprint density at radius 1 is 0.418 bits per heavy atom. The van der Waals surface area contributed by atoms with Crippen molar-refractivity contribution in [2.75, 3.05) is 11.5 Å². The normalized spacial score (nSPS) is 12.6. The number of rotatable bonds is 18. The lowest BCUT2D eigenvalue weighted by Crippen LogP contribution is -2.45. The van der Waals surface area contributed by atoms with Gasteiger partial charge in [0.15, 0.2) is 11.6 Å². The summed E-state index contributed by atoms with van der Waals surface area (Å²) >= 11 is 5.63. The molecule has 15 rings (SSSR count). The molecule has 110 heavy (non-hydrogen) atoms. The minimum Gasteiger partial charge on any atom is -0.481 e. The van der Waals surface area contributed by atoms with E-state index in [0.717, 1.165) is 110 Å². The van der Waals surface area contributed by atoms with Gasteiger partial charge in [-0.15, -0.1) is 11.8 Å². The summed E-state index contributed by atoms with van der Waals surface area (Å²) in [6.45, 7) is 19.5. The summed E-state index contributed by atoms with van der Waals surface area (Å²) in [6, 6.07) is 86.4. The molecule has 0 aliphatic rings. The van der Waals surface area contributed by atoms with Crippen LogP contribution in [0.3, 0.4) is 0 Å². The topological polar surface area (TPSA) is 208 Å². The monoisotopic (exact) mass is 1500 g/mol. The molecule has 0 bridgehead atoms. The second kappa shape index (κ2) is 34.0. The van der Waals surface area contributed by atoms with Crippen LogP contribution in [0.15, 0.2) is 255 Å². The Balaban J connectivity index is 0.000000161. The van der Waals surface area contributed by atoms with Gasteiger partial charge in [0, 0.05) is 30.4 Å². The van der Waals surface area contributed by atoms with Crippen LogP contribution in [-0.2, 0) is 55.8 Å². The Morgan fingerprint density at radius 2 is 0.745 bits per heavy atom. The van der Waals surface area contributed by atoms with Gasteiger partial charge in [-0.2, -0.15) is 22.2 Å². The summed E-state index contributed by atoms with van der Waals surface area (Å²) in [5.74, 6) is -4.70. The Kier molecular flexibility index (Phi) is 24.6. The molecule has 0 aliphatic heterocycles. The lowest BCUT2D eigenvalue weighted by atomic mass is 9.84. The van der Waals surface area contributed by atoms with Gasteiger partial charge in [-0.05, 0) is 184 Å². The molecule has 15 aromatic rings. The average Bonchev–Trinajstić information content (AvgIpc) is 0.758. The zero-order chi connectivity index (χ0) is 78.8. The molecule has 1 amide bonds. The van der Waals surface area contributed by atoms with Crippen LogP contribution in [0.5, 0.6) is 0 Å². The van der Waals surface area contributed by atoms with Crippen LogP contribution in [-0.4, -0.2) is 80.7 Å². The molecule has 0 fully saturated rings. The molecule has 0 aliphatic carbocycles. The van der Waals surface area contributed by atoms with Gasteiger partial charge < -0.3 is 25.0 Å². The predicted octanol–water partition coefficient (Wildman–Crippen LogP) is 21.7. The van der Waals surface area contributed by atoms with E-state index in [1.807, 2.05) is 151 Å². The second-order valence-corrected chi connectivity index (χ2v) is 32.1. The first-order chi connectivity index (χ1) is 52.6. The summed E-state index contributed by atoms with van der Waals surface area (Å²) in [5.41, 5.74) is 4.28. The van der Waals surface area contributed by atoms with Crippen molar-refractivity contribution in [2.45, 2.75) is 110 Å². The average molecular weight is 1500 g/mol. The van der Waals surface area contributed by atoms with Gasteiger partial charge in [-0.3, -0.25) is 19.2 Å². The largest absolute Gasteiger partial charge is 0.481 e. The van der Waals surface area contributed by atoms with Gasteiger partial charge in [-0.1, -0.05) is 276 Å². The van der Waals surface area contributed by atoms with Gasteiger partial charge >= 0.3 is 30.2 Å². The minimum atomic E-state index is -1.11. The van der Waals surface area contributed by atoms with Crippen LogP contribution < -0.4 is 5.32 Å². The van der Waals surface area contributed by atoms with Gasteiger partial charge in [0.25, 0.3) is 0 Å². The molecule has 15 heteroatoms. The molecule has 0 heterocycles. The number of hydrogen-bond donors (Lipinski definition) is 4. The SMILES string of the molecule is CC(C)(C)OC(=O)[C@H](CSC(c1ccccc1)(c1ccccc1)c1ccccc1)C(=O)Cc1ccc2ccc3cccc4ccc1c2c34.CC[C@H](NC(=O)OC(C)(C)C)C(C)(C)C.O=C(O)[C@H](CS)C(=O)Cc1ccc2ccc3cccc4ccc1c2c34.O=C(O)c1ccc2ccc3cccc4ccc1c2c34.O=C=O. The Labute approximate surface area is 649 Å². The molecule has 558 valence electrons. The van der Waals surface area contributed by atoms with Gasteiger partial charge in [-0.25, -0.2) is 9.59 Å². The van der Waals surface area contributed by atoms with Crippen molar-refractivity contribution in [1.82, 2.24) is 5.32 Å². The lowest BCUT2D eigenvalue weighted by Gasteiger charge is -2.36. The number of hydrogen-bond acceptors (Lipinski definition) is 12. The zero-order valence-corrected chi connectivity index (χ0v) is 65.1. The molecular weight excluding hydrogens is 1410 g/mol. The van der Waals surface area contributed by atoms with E-state index in [0.29, 0.717) is 5.56 Å². The number of esters is 1. The number of aliphatic carboxylic acids is 1. The molecule has 0 saturated heterocycles. The molecule has 0 unspecified atom stereocenters. The van der Waals surface area contributed by atoms with Crippen molar-refractivity contribution in [3.63, 3.8) is 0 Å². The van der Waals surface area contributed by atoms with Crippen molar-refractivity contribution in [2.24, 2.45) is 17.3 Å². The maximum absolute atomic E-state index is 14.5. The summed E-state index contributed by atoms with van der Waals surface area (Å²) in [5, 5.41) is 41.5. The zero-order valence-electron chi connectivity index (χ0n) is 63.3. The molecular formula is C95H89NO12S2. The number of alkyl carbamates (subject to hydrolysis) is 1. The molecule has 0 aromatic heterocycles. The van der Waals surface area contributed by atoms with Crippen LogP contribution >= 0.6 is 24.4 Å². The number of carboxylic acids is 2. The number of thioether (sulfide) groups is 1. The maximum atomic E-state index is 14.5. The third-order valence-electron chi connectivity index (χ3n) is 19.8. The van der Waals surface area contributed by atoms with E-state index in [4.69, 9.17) is 19.1 Å². The number of ketones is 2. The number of amides is 1. The van der Waals surface area contributed by atoms with Gasteiger partial charge in [0.2, 0.25) is 0 Å². The highest BCUT2D eigenvalue weighted by Gasteiger charge is 2.41. The first-order valence-electron chi connectivity index (χ1n) is 36.7. The van der Waals surface area contributed by atoms with Crippen LogP contribution in [0, 0.1) is 17.3 Å². The van der Waals surface area contributed by atoms with Crippen LogP contribution in [0.1, 0.15) is 114 Å². The van der Waals surface area contributed by atoms with Gasteiger partial charge in [0.05, 0.1) is 10.3 Å². The number of thiol groups is 1. The van der Waals surface area contributed by atoms with Crippen LogP contribution in [0.4, 0.5) is 4.79 Å². The van der Waals surface area contributed by atoms with E-state index >= 15 is 0 Å². The second-order valence-electron chi connectivity index (χ2n) is 30.5. The van der Waals surface area contributed by atoms with Crippen LogP contribution in [0.25, 0.3) is 97.0 Å². The number of ether oxygens (including phenoxy) is 2. The summed E-state index contributed by atoms with van der Waals surface area (Å²) in [6.07, 6.45) is 1.06. The standard InChI is InChI=1S/C44H38O3S.C21H16O3S.C17H10O2.C12H25NO2.CO2/c1-43(2,3)47-42(46)38(39(45)28-33-25-24-32-23-22-30-14-13-15-31-26-27-37(33)41(32)40(30)31)29-48-44(34-16-7-4-8-17-34,35-18-9-5-10-19-35)36-20-11-6-12-21-36;22-18(17(11-25)21(23)24)10-15-7-6-14-5-4-12-2-1-3-13-8-9-16(15)20(14)19(12)13;18-17(19)14-9-7-12-5-4-10-2-1-3-11-6-8-13(14)16(12)15(10)11;1-8-9(11(2,3)4)13-10(14)15-12(5,6)7;2-1-3/h4-27,38H,28-29H2,1-3H3;1-9,17,25H,10-11H2,(H,23,24);1-9H,(H,18,19);9H,8H2,1-7H3,(H,13,14);/t38-;17-;;9-;/m11.0./s1. The Hall–Kier alpha value is -11.5. The highest BCUT2D eigenvalue weighted by atomic mass is 32.2. The quantitative estimate of drug-likeness (QED) is 0.0208. The Bertz CT molecular complexity index is 5690. The summed E-state index contributed by atoms with van der Waals surface area (Å²) in [4.78, 5) is 91.3. The van der Waals surface area contributed by atoms with Crippen molar-refractivity contribution < 1.29 is 58.0 Å². The van der Waals surface area contributed by atoms with E-state index in [-0.39, 0.29) is 59.6 Å². The summed E-state index contributed by atoms with van der Waals surface area (Å²) in [7, 11) is 0. The molecule has 13 nitrogen and oxygen atoms in total. The minimum absolute atomic E-state index is 0.0139. The van der Waals surface area contributed by atoms with Crippen molar-refractivity contribution in [3.05, 3.63) is 288 Å². The number of benzene rings is 15. The van der Waals surface area contributed by atoms with E-state index < -0.39 is 45.7 Å². The third kappa shape index (κ3) is 17.6. The smallest absolute Gasteiger partial charge is 0.407 e. The molecule has 3 atom stereocenters. The Morgan fingerprint density at radius 3 is 1.08 bits per heavy atom. The predicted molar refractivity (Wildman–Crippen MR) is 449 cm³/mol. The molecule has 3 N–H and O–H groups in total. The fraction of sp³-hybridized carbons (Fsp3) is 0.232. The van der Waals surface area contributed by atoms with Crippen molar-refractivity contribution in [1.29, 1.82) is 0 Å². The molecule has 0 saturated carbocycles. The molecule has 0 spiro atoms. The van der Waals surface area contributed by atoms with Crippen LogP contribution in [0.2, 0.25) is 0 Å². The molecule has 15 aromatic carbocycles. The number of carbonyl (C=O) groups excluding carboxylic acids is 6. The van der Waals surface area contributed by atoms with E-state index in [9.17, 15) is 39.0 Å². The third-order valence-corrected chi connectivity index (χ3v) is 21.8. The van der Waals surface area contributed by atoms with E-state index in [2.05, 4.69) is 185 Å². The number of carboxylic acid groups (broad SMARTS) is 2. The highest BCUT2D eigenvalue weighted by molar-refractivity contribution is 8.00. The van der Waals surface area contributed by atoms with Crippen molar-refractivity contribution >= 4 is 163 Å². The number of nitrogens with one attached hydrogen (secondary N) is 1. The van der Waals surface area contributed by atoms with Crippen molar-refractivity contribution in [3.8, 4) is 0 Å². The maximum Gasteiger partial charge on any atom is 0.407 e. The highest BCUT2D eigenvalue weighted by Crippen LogP contribution is 2.50. The number of aromatic carboxylic acids is 1. The lowest BCUT2D eigenvalue weighted by molar-refractivity contribution is -0.192. The summed E-state index contributed by atoms with van der Waals surface area (Å²) < 4.78 is 10.5. The van der Waals surface area contributed by atoms with E-state index in [1.165, 1.54) is 21.5 Å². The fourth-order valence-electron chi connectivity index (χ4n) is 14.8. The number of Topliss-reactive ketones (excluding diaryl/α,β-unsaturated/α-hetero) is 2. The first-order valence-corrected chi connectivity index (χ1v) is 38.3. The number of carbonyl (C=O) groups is 6. The molecule has 0 radical (unpaired) electrons. The first kappa shape index (κ1) is 79.6. The fourth-order valence-corrected chi connectivity index (χ4v) is 16.8. The van der Waals surface area contributed by atoms with Gasteiger partial charge in [0.1, 0.15) is 23.0 Å². The van der Waals surface area contributed by atoms with E-state index in [1.54, 1.807) is 17.8 Å².